The second kappa shape index (κ2) is 6.01. The van der Waals surface area contributed by atoms with Crippen molar-refractivity contribution in [3.05, 3.63) is 28.2 Å². The van der Waals surface area contributed by atoms with E-state index < -0.39 is 0 Å². The van der Waals surface area contributed by atoms with E-state index in [1.807, 2.05) is 0 Å². The number of carbonyl (C=O) groups is 1. The number of aromatic nitrogens is 2. The van der Waals surface area contributed by atoms with Crippen molar-refractivity contribution < 1.29 is 4.79 Å². The van der Waals surface area contributed by atoms with Crippen molar-refractivity contribution in [2.45, 2.75) is 72.4 Å². The molecule has 0 aromatic carbocycles. The van der Waals surface area contributed by atoms with E-state index >= 15 is 0 Å². The van der Waals surface area contributed by atoms with Gasteiger partial charge in [0.2, 0.25) is 0 Å². The van der Waals surface area contributed by atoms with Crippen molar-refractivity contribution in [3.8, 4) is 0 Å². The van der Waals surface area contributed by atoms with Crippen LogP contribution in [0, 0.1) is 16.7 Å². The first-order valence-corrected chi connectivity index (χ1v) is 9.18. The average molecular weight is 331 g/mol. The molecule has 2 fully saturated rings. The first-order valence-electron chi connectivity index (χ1n) is 9.18. The molecule has 132 valence electrons. The Labute approximate surface area is 143 Å². The Kier molecular flexibility index (Phi) is 4.30. The quantitative estimate of drug-likeness (QED) is 0.902. The molecule has 1 amide bonds. The lowest BCUT2D eigenvalue weighted by Gasteiger charge is -2.39. The van der Waals surface area contributed by atoms with Gasteiger partial charge in [-0.25, -0.2) is 4.68 Å². The van der Waals surface area contributed by atoms with Gasteiger partial charge in [-0.3, -0.25) is 9.59 Å². The highest BCUT2D eigenvalue weighted by Crippen LogP contribution is 2.65. The van der Waals surface area contributed by atoms with Crippen LogP contribution in [0.4, 0.5) is 0 Å². The van der Waals surface area contributed by atoms with Crippen molar-refractivity contribution in [1.82, 2.24) is 15.1 Å². The number of rotatable bonds is 5. The van der Waals surface area contributed by atoms with Gasteiger partial charge in [0.05, 0.1) is 0 Å². The zero-order valence-corrected chi connectivity index (χ0v) is 15.3. The fourth-order valence-electron chi connectivity index (χ4n) is 4.69. The summed E-state index contributed by atoms with van der Waals surface area (Å²) in [6.45, 7) is 9.60. The Morgan fingerprint density at radius 3 is 2.71 bits per heavy atom. The maximum atomic E-state index is 12.7. The van der Waals surface area contributed by atoms with Gasteiger partial charge in [-0.05, 0) is 48.5 Å². The summed E-state index contributed by atoms with van der Waals surface area (Å²) in [4.78, 5) is 24.5. The second-order valence-corrected chi connectivity index (χ2v) is 8.27. The largest absolute Gasteiger partial charge is 0.347 e. The van der Waals surface area contributed by atoms with Gasteiger partial charge in [0.15, 0.2) is 0 Å². The van der Waals surface area contributed by atoms with Gasteiger partial charge in [0, 0.05) is 18.7 Å². The molecule has 1 aromatic heterocycles. The van der Waals surface area contributed by atoms with Crippen LogP contribution < -0.4 is 10.9 Å². The first kappa shape index (κ1) is 17.2. The summed E-state index contributed by atoms with van der Waals surface area (Å²) in [5, 5.41) is 7.47. The number of hydrogen-bond donors (Lipinski definition) is 1. The number of carbonyl (C=O) groups excluding carboxylic acids is 1. The zero-order valence-electron chi connectivity index (χ0n) is 15.3. The topological polar surface area (TPSA) is 64.0 Å². The van der Waals surface area contributed by atoms with Crippen LogP contribution in [0.2, 0.25) is 0 Å². The molecule has 2 aliphatic rings. The molecule has 0 aliphatic heterocycles. The highest BCUT2D eigenvalue weighted by Gasteiger charge is 2.61. The van der Waals surface area contributed by atoms with Crippen LogP contribution in [-0.2, 0) is 6.54 Å². The minimum Gasteiger partial charge on any atom is -0.347 e. The monoisotopic (exact) mass is 331 g/mol. The number of amides is 1. The Balaban J connectivity index is 1.76. The molecular formula is C19H29N3O2. The average Bonchev–Trinajstić information content (AvgIpc) is 2.87. The van der Waals surface area contributed by atoms with Gasteiger partial charge >= 0.3 is 0 Å². The summed E-state index contributed by atoms with van der Waals surface area (Å²) < 4.78 is 1.41. The lowest BCUT2D eigenvalue weighted by atomic mass is 9.69. The number of unbranched alkanes of at least 4 members (excludes halogenated alkanes) is 1. The van der Waals surface area contributed by atoms with Crippen molar-refractivity contribution in [2.75, 3.05) is 0 Å². The van der Waals surface area contributed by atoms with Gasteiger partial charge < -0.3 is 5.32 Å². The summed E-state index contributed by atoms with van der Waals surface area (Å²) in [5.74, 6) is 0.522. The van der Waals surface area contributed by atoms with Crippen molar-refractivity contribution in [3.63, 3.8) is 0 Å². The van der Waals surface area contributed by atoms with Crippen molar-refractivity contribution >= 4 is 5.91 Å². The Bertz CT molecular complexity index is 694. The maximum Gasteiger partial charge on any atom is 0.271 e. The zero-order chi connectivity index (χ0) is 17.5. The first-order chi connectivity index (χ1) is 11.3. The van der Waals surface area contributed by atoms with Crippen LogP contribution in [0.1, 0.15) is 70.3 Å². The molecule has 2 saturated carbocycles. The van der Waals surface area contributed by atoms with E-state index in [0.717, 1.165) is 19.3 Å². The smallest absolute Gasteiger partial charge is 0.271 e. The van der Waals surface area contributed by atoms with E-state index in [4.69, 9.17) is 0 Å². The molecule has 0 saturated heterocycles. The van der Waals surface area contributed by atoms with E-state index in [9.17, 15) is 9.59 Å². The summed E-state index contributed by atoms with van der Waals surface area (Å²) in [6.07, 6.45) is 5.34. The third-order valence-corrected chi connectivity index (χ3v) is 6.92. The molecule has 3 rings (SSSR count). The molecule has 2 bridgehead atoms. The third-order valence-electron chi connectivity index (χ3n) is 6.92. The van der Waals surface area contributed by atoms with Crippen LogP contribution in [0.3, 0.4) is 0 Å². The molecule has 5 heteroatoms. The van der Waals surface area contributed by atoms with Gasteiger partial charge in [0.25, 0.3) is 11.5 Å². The molecule has 0 spiro atoms. The van der Waals surface area contributed by atoms with Gasteiger partial charge in [-0.1, -0.05) is 34.1 Å². The lowest BCUT2D eigenvalue weighted by Crippen LogP contribution is -2.47. The Hall–Kier alpha value is -1.65. The van der Waals surface area contributed by atoms with Gasteiger partial charge in [-0.15, -0.1) is 0 Å². The molecule has 1 N–H and O–H groups in total. The molecule has 1 aromatic rings. The molecular weight excluding hydrogens is 302 g/mol. The Morgan fingerprint density at radius 2 is 2.12 bits per heavy atom. The molecule has 1 heterocycles. The van der Waals surface area contributed by atoms with Crippen LogP contribution in [-0.4, -0.2) is 21.7 Å². The molecule has 3 unspecified atom stereocenters. The molecule has 0 radical (unpaired) electrons. The number of aryl methyl sites for hydroxylation is 1. The predicted molar refractivity (Wildman–Crippen MR) is 93.9 cm³/mol. The summed E-state index contributed by atoms with van der Waals surface area (Å²) in [5.41, 5.74) is 0.602. The molecule has 5 nitrogen and oxygen atoms in total. The van der Waals surface area contributed by atoms with Crippen LogP contribution >= 0.6 is 0 Å². The van der Waals surface area contributed by atoms with Gasteiger partial charge in [-0.2, -0.15) is 5.10 Å². The summed E-state index contributed by atoms with van der Waals surface area (Å²) in [7, 11) is 0. The highest BCUT2D eigenvalue weighted by molar-refractivity contribution is 5.92. The molecule has 2 aliphatic carbocycles. The number of hydrogen-bond acceptors (Lipinski definition) is 3. The molecule has 24 heavy (non-hydrogen) atoms. The lowest BCUT2D eigenvalue weighted by molar-refractivity contribution is 0.0819. The van der Waals surface area contributed by atoms with Gasteiger partial charge in [0.1, 0.15) is 5.69 Å². The van der Waals surface area contributed by atoms with E-state index in [2.05, 4.69) is 38.1 Å². The fourth-order valence-corrected chi connectivity index (χ4v) is 4.69. The second-order valence-electron chi connectivity index (χ2n) is 8.27. The van der Waals surface area contributed by atoms with Crippen LogP contribution in [0.15, 0.2) is 16.9 Å². The highest BCUT2D eigenvalue weighted by atomic mass is 16.2. The predicted octanol–water partition coefficient (Wildman–Crippen LogP) is 2.99. The maximum absolute atomic E-state index is 12.7. The fraction of sp³-hybridized carbons (Fsp3) is 0.737. The van der Waals surface area contributed by atoms with Crippen LogP contribution in [0.25, 0.3) is 0 Å². The summed E-state index contributed by atoms with van der Waals surface area (Å²) >= 11 is 0. The minimum absolute atomic E-state index is 0.143. The van der Waals surface area contributed by atoms with Crippen molar-refractivity contribution in [2.24, 2.45) is 16.7 Å². The summed E-state index contributed by atoms with van der Waals surface area (Å²) in [6, 6.07) is 3.18. The minimum atomic E-state index is -0.158. The normalized spacial score (nSPS) is 30.5. The number of nitrogens with one attached hydrogen (secondary N) is 1. The van der Waals surface area contributed by atoms with E-state index in [0.29, 0.717) is 18.2 Å². The third kappa shape index (κ3) is 2.58. The number of nitrogens with zero attached hydrogens (tertiary/aromatic N) is 2. The molecule has 3 atom stereocenters. The van der Waals surface area contributed by atoms with Crippen molar-refractivity contribution in [1.29, 1.82) is 0 Å². The van der Waals surface area contributed by atoms with E-state index in [1.54, 1.807) is 6.07 Å². The van der Waals surface area contributed by atoms with E-state index in [1.165, 1.54) is 23.6 Å². The SMILES string of the molecule is CCCCn1nc(C(=O)NC2CC3CCC2(C)C3(C)C)ccc1=O. The number of fused-ring (bicyclic) bond motifs is 2. The van der Waals surface area contributed by atoms with Crippen LogP contribution in [0.5, 0.6) is 0 Å². The van der Waals surface area contributed by atoms with E-state index in [-0.39, 0.29) is 28.3 Å². The standard InChI is InChI=1S/C19H29N3O2/c1-5-6-11-22-16(23)8-7-14(21-22)17(24)20-15-12-13-9-10-19(15,4)18(13,2)3/h7-8,13,15H,5-6,9-12H2,1-4H3,(H,20,24). The Morgan fingerprint density at radius 1 is 1.38 bits per heavy atom.